The lowest BCUT2D eigenvalue weighted by atomic mass is 9.83. The van der Waals surface area contributed by atoms with Crippen molar-refractivity contribution in [2.45, 2.75) is 0 Å². The average Bonchev–Trinajstić information content (AvgIpc) is 2.43. The first kappa shape index (κ1) is 13.8. The van der Waals surface area contributed by atoms with Crippen LogP contribution in [0.5, 0.6) is 0 Å². The topological polar surface area (TPSA) is 71.4 Å². The molecule has 0 amide bonds. The summed E-state index contributed by atoms with van der Waals surface area (Å²) in [6, 6.07) is 7.08. The van der Waals surface area contributed by atoms with Gasteiger partial charge in [0.15, 0.2) is 11.6 Å². The Morgan fingerprint density at radius 2 is 1.57 bits per heavy atom. The molecule has 0 radical (unpaired) electrons. The van der Waals surface area contributed by atoms with E-state index in [2.05, 4.69) is 0 Å². The van der Waals surface area contributed by atoms with Crippen LogP contribution in [0.4, 0.5) is 0 Å². The summed E-state index contributed by atoms with van der Waals surface area (Å²) >= 11 is 12.0. The molecule has 3 rings (SSSR count). The van der Waals surface area contributed by atoms with Gasteiger partial charge in [-0.05, 0) is 18.2 Å². The summed E-state index contributed by atoms with van der Waals surface area (Å²) in [5.41, 5.74) is -0.000694. The van der Waals surface area contributed by atoms with Crippen molar-refractivity contribution in [1.82, 2.24) is 0 Å². The van der Waals surface area contributed by atoms with Gasteiger partial charge in [-0.25, -0.2) is 4.79 Å². The van der Waals surface area contributed by atoms with E-state index in [0.29, 0.717) is 0 Å². The Hall–Kier alpha value is -2.17. The minimum atomic E-state index is -1.27. The smallest absolute Gasteiger partial charge is 0.337 e. The van der Waals surface area contributed by atoms with Crippen LogP contribution in [0.3, 0.4) is 0 Å². The van der Waals surface area contributed by atoms with Gasteiger partial charge >= 0.3 is 5.97 Å². The number of ketones is 2. The van der Waals surface area contributed by atoms with Gasteiger partial charge in [0.05, 0.1) is 26.7 Å². The highest BCUT2D eigenvalue weighted by atomic mass is 35.5. The van der Waals surface area contributed by atoms with E-state index in [1.54, 1.807) is 6.07 Å². The van der Waals surface area contributed by atoms with Crippen LogP contribution in [-0.2, 0) is 0 Å². The lowest BCUT2D eigenvalue weighted by Gasteiger charge is -2.20. The monoisotopic (exact) mass is 320 g/mol. The Morgan fingerprint density at radius 1 is 0.905 bits per heavy atom. The number of fused-ring (bicyclic) bond motifs is 2. The van der Waals surface area contributed by atoms with Crippen molar-refractivity contribution in [3.8, 4) is 0 Å². The Morgan fingerprint density at radius 3 is 2.24 bits per heavy atom. The highest BCUT2D eigenvalue weighted by Gasteiger charge is 2.34. The first-order chi connectivity index (χ1) is 9.93. The number of hydrogen-bond donors (Lipinski definition) is 1. The van der Waals surface area contributed by atoms with Crippen LogP contribution < -0.4 is 0 Å². The lowest BCUT2D eigenvalue weighted by Crippen LogP contribution is -2.22. The number of carbonyl (C=O) groups excluding carboxylic acids is 2. The summed E-state index contributed by atoms with van der Waals surface area (Å²) < 4.78 is 0. The molecule has 2 aromatic rings. The number of carbonyl (C=O) groups is 3. The van der Waals surface area contributed by atoms with E-state index in [9.17, 15) is 14.4 Å². The van der Waals surface area contributed by atoms with Gasteiger partial charge in [-0.3, -0.25) is 9.59 Å². The zero-order valence-corrected chi connectivity index (χ0v) is 11.8. The number of hydrogen-bond acceptors (Lipinski definition) is 3. The van der Waals surface area contributed by atoms with Gasteiger partial charge in [-0.15, -0.1) is 0 Å². The summed E-state index contributed by atoms with van der Waals surface area (Å²) in [7, 11) is 0. The molecule has 6 heteroatoms. The molecule has 1 aliphatic carbocycles. The molecule has 2 aromatic carbocycles. The van der Waals surface area contributed by atoms with Crippen LogP contribution in [0.15, 0.2) is 30.3 Å². The lowest BCUT2D eigenvalue weighted by molar-refractivity contribution is 0.0696. The van der Waals surface area contributed by atoms with E-state index in [1.807, 2.05) is 0 Å². The van der Waals surface area contributed by atoms with E-state index in [1.165, 1.54) is 24.3 Å². The highest BCUT2D eigenvalue weighted by Crippen LogP contribution is 2.36. The maximum absolute atomic E-state index is 12.6. The quantitative estimate of drug-likeness (QED) is 0.745. The molecule has 0 spiro atoms. The number of carboxylic acid groups (broad SMARTS) is 1. The zero-order chi connectivity index (χ0) is 15.3. The molecule has 104 valence electrons. The second kappa shape index (κ2) is 4.69. The van der Waals surface area contributed by atoms with Crippen LogP contribution in [0.1, 0.15) is 42.2 Å². The van der Waals surface area contributed by atoms with Crippen LogP contribution in [0.2, 0.25) is 10.0 Å². The number of benzene rings is 2. The van der Waals surface area contributed by atoms with Crippen molar-refractivity contribution < 1.29 is 19.5 Å². The Labute approximate surface area is 128 Å². The van der Waals surface area contributed by atoms with Crippen molar-refractivity contribution in [2.24, 2.45) is 0 Å². The fourth-order valence-electron chi connectivity index (χ4n) is 2.37. The Balaban J connectivity index is 2.37. The van der Waals surface area contributed by atoms with E-state index >= 15 is 0 Å². The summed E-state index contributed by atoms with van der Waals surface area (Å²) in [6.07, 6.45) is 0. The standard InChI is InChI=1S/C15H6Cl2O4/c16-9-3-1-2-6-10(9)14(19)11-7(13(6)18)4-5-8(12(11)17)15(20)21/h1-5H,(H,20,21). The van der Waals surface area contributed by atoms with Gasteiger partial charge in [0.1, 0.15) is 0 Å². The molecule has 4 nitrogen and oxygen atoms in total. The number of halogens is 2. The maximum atomic E-state index is 12.6. The third-order valence-electron chi connectivity index (χ3n) is 3.33. The summed E-state index contributed by atoms with van der Waals surface area (Å²) in [4.78, 5) is 36.1. The van der Waals surface area contributed by atoms with Crippen LogP contribution in [0.25, 0.3) is 0 Å². The first-order valence-corrected chi connectivity index (χ1v) is 6.62. The second-order valence-corrected chi connectivity index (χ2v) is 5.26. The van der Waals surface area contributed by atoms with Gasteiger partial charge in [-0.1, -0.05) is 35.3 Å². The Kier molecular flexibility index (Phi) is 3.08. The van der Waals surface area contributed by atoms with Gasteiger partial charge < -0.3 is 5.11 Å². The molecular weight excluding hydrogens is 315 g/mol. The molecule has 0 bridgehead atoms. The molecule has 0 heterocycles. The normalized spacial score (nSPS) is 12.9. The molecule has 0 aromatic heterocycles. The van der Waals surface area contributed by atoms with E-state index in [-0.39, 0.29) is 37.9 Å². The predicted octanol–water partition coefficient (Wildman–Crippen LogP) is 3.47. The van der Waals surface area contributed by atoms with Gasteiger partial charge in [0, 0.05) is 11.1 Å². The second-order valence-electron chi connectivity index (χ2n) is 4.48. The summed E-state index contributed by atoms with van der Waals surface area (Å²) in [5, 5.41) is 8.95. The number of aromatic carboxylic acids is 1. The zero-order valence-electron chi connectivity index (χ0n) is 10.3. The highest BCUT2D eigenvalue weighted by molar-refractivity contribution is 6.44. The van der Waals surface area contributed by atoms with Crippen molar-refractivity contribution in [1.29, 1.82) is 0 Å². The van der Waals surface area contributed by atoms with E-state index in [4.69, 9.17) is 28.3 Å². The fraction of sp³-hybridized carbons (Fsp3) is 0. The van der Waals surface area contributed by atoms with Crippen molar-refractivity contribution in [2.75, 3.05) is 0 Å². The molecule has 0 saturated carbocycles. The van der Waals surface area contributed by atoms with Crippen molar-refractivity contribution >= 4 is 40.7 Å². The Bertz CT molecular complexity index is 840. The molecule has 1 aliphatic rings. The molecule has 0 atom stereocenters. The van der Waals surface area contributed by atoms with Crippen LogP contribution in [-0.4, -0.2) is 22.6 Å². The molecule has 0 fully saturated rings. The number of carboxylic acids is 1. The summed E-state index contributed by atoms with van der Waals surface area (Å²) in [5.74, 6) is -2.22. The van der Waals surface area contributed by atoms with Crippen LogP contribution >= 0.6 is 23.2 Å². The predicted molar refractivity (Wildman–Crippen MR) is 76.7 cm³/mol. The molecular formula is C15H6Cl2O4. The summed E-state index contributed by atoms with van der Waals surface area (Å²) in [6.45, 7) is 0. The molecule has 21 heavy (non-hydrogen) atoms. The minimum absolute atomic E-state index is 0.0566. The molecule has 1 N–H and O–H groups in total. The SMILES string of the molecule is O=C(O)c1ccc2c(c1Cl)C(=O)c1c(Cl)cccc1C2=O. The third-order valence-corrected chi connectivity index (χ3v) is 4.04. The molecule has 0 aliphatic heterocycles. The van der Waals surface area contributed by atoms with Gasteiger partial charge in [0.2, 0.25) is 0 Å². The van der Waals surface area contributed by atoms with Crippen LogP contribution in [0, 0.1) is 0 Å². The molecule has 0 unspecified atom stereocenters. The molecule has 0 saturated heterocycles. The number of rotatable bonds is 1. The third kappa shape index (κ3) is 1.87. The minimum Gasteiger partial charge on any atom is -0.478 e. The fourth-order valence-corrected chi connectivity index (χ4v) is 2.96. The van der Waals surface area contributed by atoms with Crippen molar-refractivity contribution in [3.05, 3.63) is 68.2 Å². The van der Waals surface area contributed by atoms with Gasteiger partial charge in [-0.2, -0.15) is 0 Å². The maximum Gasteiger partial charge on any atom is 0.337 e. The van der Waals surface area contributed by atoms with E-state index < -0.39 is 17.5 Å². The van der Waals surface area contributed by atoms with Crippen molar-refractivity contribution in [3.63, 3.8) is 0 Å². The van der Waals surface area contributed by atoms with E-state index in [0.717, 1.165) is 0 Å². The first-order valence-electron chi connectivity index (χ1n) is 5.87. The van der Waals surface area contributed by atoms with Gasteiger partial charge in [0.25, 0.3) is 0 Å². The largest absolute Gasteiger partial charge is 0.478 e. The average molecular weight is 321 g/mol.